The normalized spacial score (nSPS) is 15.8. The Morgan fingerprint density at radius 1 is 0.938 bits per heavy atom. The van der Waals surface area contributed by atoms with E-state index in [0.717, 1.165) is 0 Å². The van der Waals surface area contributed by atoms with Gasteiger partial charge in [-0.1, -0.05) is 0 Å². The number of nitrogens with two attached hydrogens (primary N) is 1. The lowest BCUT2D eigenvalue weighted by Gasteiger charge is -2.17. The van der Waals surface area contributed by atoms with Crippen LogP contribution in [-0.2, 0) is 14.4 Å². The molecule has 0 rings (SSSR count). The van der Waals surface area contributed by atoms with E-state index in [0.29, 0.717) is 0 Å². The van der Waals surface area contributed by atoms with Crippen LogP contribution in [0.4, 0.5) is 0 Å². The fourth-order valence-electron chi connectivity index (χ4n) is 0.850. The number of hydrogen-bond donors (Lipinski definition) is 3. The van der Waals surface area contributed by atoms with Gasteiger partial charge in [0.15, 0.2) is 5.78 Å². The highest BCUT2D eigenvalue weighted by Crippen LogP contribution is 1.89. The molecular formula is C10H19N3O3. The van der Waals surface area contributed by atoms with Crippen molar-refractivity contribution in [3.05, 3.63) is 0 Å². The fourth-order valence-corrected chi connectivity index (χ4v) is 0.850. The fraction of sp³-hybridized carbons (Fsp3) is 0.700. The molecule has 0 saturated carbocycles. The zero-order valence-corrected chi connectivity index (χ0v) is 10.0. The van der Waals surface area contributed by atoms with Crippen molar-refractivity contribution in [3.63, 3.8) is 0 Å². The lowest BCUT2D eigenvalue weighted by Crippen LogP contribution is -2.51. The first kappa shape index (κ1) is 14.6. The quantitative estimate of drug-likeness (QED) is 0.559. The first-order valence-corrected chi connectivity index (χ1v) is 5.12. The van der Waals surface area contributed by atoms with Gasteiger partial charge in [0.1, 0.15) is 6.04 Å². The minimum atomic E-state index is -0.708. The molecule has 0 unspecified atom stereocenters. The summed E-state index contributed by atoms with van der Waals surface area (Å²) in [6.07, 6.45) is 0. The molecule has 0 aliphatic carbocycles. The summed E-state index contributed by atoms with van der Waals surface area (Å²) in [7, 11) is 0. The molecule has 16 heavy (non-hydrogen) atoms. The second-order valence-electron chi connectivity index (χ2n) is 3.86. The summed E-state index contributed by atoms with van der Waals surface area (Å²) >= 11 is 0. The third-order valence-corrected chi connectivity index (χ3v) is 2.13. The first-order valence-electron chi connectivity index (χ1n) is 5.12. The number of hydrogen-bond acceptors (Lipinski definition) is 4. The van der Waals surface area contributed by atoms with E-state index in [9.17, 15) is 14.4 Å². The number of rotatable bonds is 5. The maximum atomic E-state index is 11.5. The lowest BCUT2D eigenvalue weighted by molar-refractivity contribution is -0.130. The summed E-state index contributed by atoms with van der Waals surface area (Å²) in [5.74, 6) is -0.950. The van der Waals surface area contributed by atoms with Gasteiger partial charge in [-0.15, -0.1) is 0 Å². The van der Waals surface area contributed by atoms with Crippen molar-refractivity contribution in [2.24, 2.45) is 5.73 Å². The molecule has 0 aromatic carbocycles. The van der Waals surface area contributed by atoms with E-state index in [-0.39, 0.29) is 5.78 Å². The number of carbonyl (C=O) groups is 3. The van der Waals surface area contributed by atoms with Gasteiger partial charge in [-0.2, -0.15) is 0 Å². The summed E-state index contributed by atoms with van der Waals surface area (Å²) in [4.78, 5) is 33.6. The van der Waals surface area contributed by atoms with Crippen LogP contribution in [-0.4, -0.2) is 35.7 Å². The molecule has 2 amide bonds. The molecule has 4 N–H and O–H groups in total. The largest absolute Gasteiger partial charge is 0.345 e. The van der Waals surface area contributed by atoms with Crippen molar-refractivity contribution in [3.8, 4) is 0 Å². The summed E-state index contributed by atoms with van der Waals surface area (Å²) in [5, 5.41) is 4.92. The Morgan fingerprint density at radius 2 is 1.38 bits per heavy atom. The van der Waals surface area contributed by atoms with E-state index in [1.807, 2.05) is 0 Å². The van der Waals surface area contributed by atoms with Gasteiger partial charge in [0, 0.05) is 0 Å². The maximum Gasteiger partial charge on any atom is 0.242 e. The van der Waals surface area contributed by atoms with Crippen LogP contribution in [0, 0.1) is 0 Å². The Kier molecular flexibility index (Phi) is 5.66. The standard InChI is InChI=1S/C10H19N3O3/c1-5(11)9(15)13-7(3)10(16)12-6(2)8(4)14/h5-7H,11H2,1-4H3,(H,12,16)(H,13,15)/t5-,6-,7-/m1/s1. The second kappa shape index (κ2) is 6.22. The number of ketones is 1. The lowest BCUT2D eigenvalue weighted by atomic mass is 10.2. The summed E-state index contributed by atoms with van der Waals surface area (Å²) in [5.41, 5.74) is 5.34. The molecule has 92 valence electrons. The minimum Gasteiger partial charge on any atom is -0.345 e. The number of carbonyl (C=O) groups excluding carboxylic acids is 3. The van der Waals surface area contributed by atoms with Gasteiger partial charge in [0.25, 0.3) is 0 Å². The van der Waals surface area contributed by atoms with E-state index in [1.54, 1.807) is 6.92 Å². The van der Waals surface area contributed by atoms with Gasteiger partial charge in [-0.25, -0.2) is 0 Å². The Morgan fingerprint density at radius 3 is 1.75 bits per heavy atom. The highest BCUT2D eigenvalue weighted by molar-refractivity contribution is 5.92. The van der Waals surface area contributed by atoms with Gasteiger partial charge >= 0.3 is 0 Å². The van der Waals surface area contributed by atoms with Gasteiger partial charge in [-0.05, 0) is 27.7 Å². The van der Waals surface area contributed by atoms with E-state index >= 15 is 0 Å². The monoisotopic (exact) mass is 229 g/mol. The van der Waals surface area contributed by atoms with Gasteiger partial charge in [-0.3, -0.25) is 14.4 Å². The summed E-state index contributed by atoms with van der Waals surface area (Å²) in [6.45, 7) is 6.02. The first-order chi connectivity index (χ1) is 7.25. The molecular weight excluding hydrogens is 210 g/mol. The van der Waals surface area contributed by atoms with Crippen LogP contribution < -0.4 is 16.4 Å². The molecule has 6 heteroatoms. The van der Waals surface area contributed by atoms with Gasteiger partial charge in [0.05, 0.1) is 12.1 Å². The molecule has 0 aromatic heterocycles. The van der Waals surface area contributed by atoms with Crippen molar-refractivity contribution < 1.29 is 14.4 Å². The summed E-state index contributed by atoms with van der Waals surface area (Å²) < 4.78 is 0. The predicted octanol–water partition coefficient (Wildman–Crippen LogP) is -1.07. The third kappa shape index (κ3) is 4.88. The van der Waals surface area contributed by atoms with Crippen molar-refractivity contribution in [1.82, 2.24) is 10.6 Å². The van der Waals surface area contributed by atoms with Crippen molar-refractivity contribution in [1.29, 1.82) is 0 Å². The van der Waals surface area contributed by atoms with Crippen LogP contribution in [0.5, 0.6) is 0 Å². The predicted molar refractivity (Wildman–Crippen MR) is 59.5 cm³/mol. The Bertz CT molecular complexity index is 289. The van der Waals surface area contributed by atoms with Crippen LogP contribution >= 0.6 is 0 Å². The SMILES string of the molecule is CC(=O)[C@@H](C)NC(=O)[C@@H](C)NC(=O)[C@@H](C)N. The minimum absolute atomic E-state index is 0.140. The number of nitrogens with one attached hydrogen (secondary N) is 2. The molecule has 0 heterocycles. The van der Waals surface area contributed by atoms with Crippen molar-refractivity contribution >= 4 is 17.6 Å². The van der Waals surface area contributed by atoms with Crippen molar-refractivity contribution in [2.45, 2.75) is 45.8 Å². The highest BCUT2D eigenvalue weighted by atomic mass is 16.2. The van der Waals surface area contributed by atoms with E-state index in [2.05, 4.69) is 10.6 Å². The molecule has 0 spiro atoms. The molecule has 0 aliphatic rings. The van der Waals surface area contributed by atoms with E-state index in [1.165, 1.54) is 20.8 Å². The van der Waals surface area contributed by atoms with Gasteiger partial charge in [0.2, 0.25) is 11.8 Å². The Hall–Kier alpha value is -1.43. The molecule has 6 nitrogen and oxygen atoms in total. The molecule has 0 saturated heterocycles. The molecule has 3 atom stereocenters. The molecule has 0 aromatic rings. The van der Waals surface area contributed by atoms with Crippen molar-refractivity contribution in [2.75, 3.05) is 0 Å². The van der Waals surface area contributed by atoms with Crippen LogP contribution in [0.15, 0.2) is 0 Å². The highest BCUT2D eigenvalue weighted by Gasteiger charge is 2.19. The zero-order chi connectivity index (χ0) is 12.9. The Balaban J connectivity index is 4.19. The number of Topliss-reactive ketones (excluding diaryl/α,β-unsaturated/α-hetero) is 1. The van der Waals surface area contributed by atoms with Gasteiger partial charge < -0.3 is 16.4 Å². The molecule has 0 bridgehead atoms. The average molecular weight is 229 g/mol. The smallest absolute Gasteiger partial charge is 0.242 e. The number of amides is 2. The maximum absolute atomic E-state index is 11.5. The topological polar surface area (TPSA) is 101 Å². The zero-order valence-electron chi connectivity index (χ0n) is 10.0. The van der Waals surface area contributed by atoms with Crippen LogP contribution in [0.2, 0.25) is 0 Å². The van der Waals surface area contributed by atoms with Crippen LogP contribution in [0.1, 0.15) is 27.7 Å². The van der Waals surface area contributed by atoms with E-state index in [4.69, 9.17) is 5.73 Å². The summed E-state index contributed by atoms with van der Waals surface area (Å²) in [6, 6.07) is -1.93. The Labute approximate surface area is 94.9 Å². The second-order valence-corrected chi connectivity index (χ2v) is 3.86. The van der Waals surface area contributed by atoms with E-state index < -0.39 is 29.9 Å². The molecule has 0 radical (unpaired) electrons. The van der Waals surface area contributed by atoms with Crippen LogP contribution in [0.3, 0.4) is 0 Å². The average Bonchev–Trinajstić information content (AvgIpc) is 2.16. The molecule has 0 aliphatic heterocycles. The van der Waals surface area contributed by atoms with Crippen LogP contribution in [0.25, 0.3) is 0 Å². The third-order valence-electron chi connectivity index (χ3n) is 2.13. The molecule has 0 fully saturated rings.